The zero-order valence-electron chi connectivity index (χ0n) is 15.3. The normalized spacial score (nSPS) is 16.6. The molecule has 9 heteroatoms. The molecule has 1 aliphatic heterocycles. The van der Waals surface area contributed by atoms with Crippen molar-refractivity contribution in [3.8, 4) is 5.75 Å². The Hall–Kier alpha value is -2.00. The first-order valence-electron chi connectivity index (χ1n) is 8.97. The number of halogens is 3. The van der Waals surface area contributed by atoms with Crippen molar-refractivity contribution in [3.05, 3.63) is 29.8 Å². The van der Waals surface area contributed by atoms with E-state index < -0.39 is 12.8 Å². The standard InChI is InChI=1S/C18H26F3N3O3/c1-14(15-3-5-16(6-4-15)27-13-18(19,20)21)23-17(25)22-7-2-8-24-9-11-26-12-10-24/h3-6,14H,2,7-13H2,1H3,(H2,22,23,25). The Morgan fingerprint density at radius 2 is 1.93 bits per heavy atom. The number of hydrogen-bond donors (Lipinski definition) is 2. The molecule has 1 aliphatic rings. The van der Waals surface area contributed by atoms with Crippen molar-refractivity contribution in [2.45, 2.75) is 25.6 Å². The van der Waals surface area contributed by atoms with Crippen LogP contribution in [-0.2, 0) is 4.74 Å². The smallest absolute Gasteiger partial charge is 0.422 e. The van der Waals surface area contributed by atoms with E-state index >= 15 is 0 Å². The van der Waals surface area contributed by atoms with Crippen molar-refractivity contribution >= 4 is 6.03 Å². The lowest BCUT2D eigenvalue weighted by Gasteiger charge is -2.26. The summed E-state index contributed by atoms with van der Waals surface area (Å²) < 4.78 is 46.4. The van der Waals surface area contributed by atoms with Gasteiger partial charge < -0.3 is 20.1 Å². The summed E-state index contributed by atoms with van der Waals surface area (Å²) in [5.41, 5.74) is 0.776. The molecule has 1 saturated heterocycles. The van der Waals surface area contributed by atoms with Crippen LogP contribution in [-0.4, -0.2) is 63.1 Å². The Bertz CT molecular complexity index is 575. The average Bonchev–Trinajstić information content (AvgIpc) is 2.64. The van der Waals surface area contributed by atoms with Gasteiger partial charge in [-0.15, -0.1) is 0 Å². The second-order valence-corrected chi connectivity index (χ2v) is 6.40. The third kappa shape index (κ3) is 8.49. The van der Waals surface area contributed by atoms with Crippen LogP contribution >= 0.6 is 0 Å². The first-order valence-corrected chi connectivity index (χ1v) is 8.97. The van der Waals surface area contributed by atoms with Gasteiger partial charge in [-0.3, -0.25) is 4.90 Å². The number of alkyl halides is 3. The predicted molar refractivity (Wildman–Crippen MR) is 94.8 cm³/mol. The van der Waals surface area contributed by atoms with Crippen LogP contribution in [0.3, 0.4) is 0 Å². The van der Waals surface area contributed by atoms with Crippen LogP contribution in [0.15, 0.2) is 24.3 Å². The second kappa shape index (κ2) is 10.4. The van der Waals surface area contributed by atoms with Crippen LogP contribution in [0.25, 0.3) is 0 Å². The molecule has 0 radical (unpaired) electrons. The van der Waals surface area contributed by atoms with Crippen molar-refractivity contribution in [1.82, 2.24) is 15.5 Å². The van der Waals surface area contributed by atoms with E-state index in [0.717, 1.165) is 44.8 Å². The number of benzene rings is 1. The van der Waals surface area contributed by atoms with Gasteiger partial charge in [0.2, 0.25) is 0 Å². The largest absolute Gasteiger partial charge is 0.484 e. The van der Waals surface area contributed by atoms with E-state index in [0.29, 0.717) is 6.54 Å². The molecule has 1 aromatic rings. The molecule has 152 valence electrons. The highest BCUT2D eigenvalue weighted by atomic mass is 19.4. The number of morpholine rings is 1. The Kier molecular flexibility index (Phi) is 8.18. The summed E-state index contributed by atoms with van der Waals surface area (Å²) in [6.45, 7) is 5.32. The number of urea groups is 1. The van der Waals surface area contributed by atoms with Gasteiger partial charge in [0.25, 0.3) is 0 Å². The Morgan fingerprint density at radius 1 is 1.26 bits per heavy atom. The zero-order valence-corrected chi connectivity index (χ0v) is 15.3. The topological polar surface area (TPSA) is 62.8 Å². The maximum atomic E-state index is 12.1. The molecule has 2 N–H and O–H groups in total. The summed E-state index contributed by atoms with van der Waals surface area (Å²) in [7, 11) is 0. The number of nitrogens with one attached hydrogen (secondary N) is 2. The Labute approximate surface area is 157 Å². The summed E-state index contributed by atoms with van der Waals surface area (Å²) in [5, 5.41) is 5.62. The third-order valence-electron chi connectivity index (χ3n) is 4.17. The summed E-state index contributed by atoms with van der Waals surface area (Å²) in [4.78, 5) is 14.3. The van der Waals surface area contributed by atoms with Crippen molar-refractivity contribution in [1.29, 1.82) is 0 Å². The highest BCUT2D eigenvalue weighted by molar-refractivity contribution is 5.74. The van der Waals surface area contributed by atoms with Crippen LogP contribution in [0.1, 0.15) is 24.9 Å². The molecule has 6 nitrogen and oxygen atoms in total. The van der Waals surface area contributed by atoms with Gasteiger partial charge in [0.1, 0.15) is 5.75 Å². The fourth-order valence-corrected chi connectivity index (χ4v) is 2.68. The number of nitrogens with zero attached hydrogens (tertiary/aromatic N) is 1. The molecule has 0 aromatic heterocycles. The Balaban J connectivity index is 1.66. The van der Waals surface area contributed by atoms with Crippen molar-refractivity contribution in [3.63, 3.8) is 0 Å². The molecular formula is C18H26F3N3O3. The summed E-state index contributed by atoms with van der Waals surface area (Å²) in [6.07, 6.45) is -3.51. The molecule has 0 aliphatic carbocycles. The lowest BCUT2D eigenvalue weighted by molar-refractivity contribution is -0.153. The number of amides is 2. The van der Waals surface area contributed by atoms with Crippen LogP contribution in [0.2, 0.25) is 0 Å². The molecule has 1 fully saturated rings. The van der Waals surface area contributed by atoms with Gasteiger partial charge in [-0.25, -0.2) is 4.79 Å². The van der Waals surface area contributed by atoms with Crippen LogP contribution in [0.5, 0.6) is 5.75 Å². The molecule has 0 spiro atoms. The molecular weight excluding hydrogens is 363 g/mol. The highest BCUT2D eigenvalue weighted by Gasteiger charge is 2.28. The lowest BCUT2D eigenvalue weighted by atomic mass is 10.1. The van der Waals surface area contributed by atoms with Gasteiger partial charge >= 0.3 is 12.2 Å². The van der Waals surface area contributed by atoms with E-state index in [2.05, 4.69) is 20.3 Å². The SMILES string of the molecule is CC(NC(=O)NCCCN1CCOCC1)c1ccc(OCC(F)(F)F)cc1. The number of hydrogen-bond acceptors (Lipinski definition) is 4. The minimum atomic E-state index is -4.37. The van der Waals surface area contributed by atoms with Gasteiger partial charge in [0, 0.05) is 19.6 Å². The van der Waals surface area contributed by atoms with Crippen molar-refractivity contribution in [2.24, 2.45) is 0 Å². The molecule has 0 bridgehead atoms. The van der Waals surface area contributed by atoms with E-state index in [1.807, 2.05) is 0 Å². The lowest BCUT2D eigenvalue weighted by Crippen LogP contribution is -2.40. The monoisotopic (exact) mass is 389 g/mol. The fraction of sp³-hybridized carbons (Fsp3) is 0.611. The molecule has 1 unspecified atom stereocenters. The highest BCUT2D eigenvalue weighted by Crippen LogP contribution is 2.21. The maximum Gasteiger partial charge on any atom is 0.422 e. The summed E-state index contributed by atoms with van der Waals surface area (Å²) in [6, 6.07) is 5.63. The fourth-order valence-electron chi connectivity index (χ4n) is 2.68. The second-order valence-electron chi connectivity index (χ2n) is 6.40. The molecule has 0 saturated carbocycles. The molecule has 1 atom stereocenters. The molecule has 1 heterocycles. The van der Waals surface area contributed by atoms with E-state index in [1.165, 1.54) is 12.1 Å². The molecule has 2 amide bonds. The Morgan fingerprint density at radius 3 is 2.56 bits per heavy atom. The van der Waals surface area contributed by atoms with Crippen LogP contribution in [0, 0.1) is 0 Å². The quantitative estimate of drug-likeness (QED) is 0.671. The first kappa shape index (κ1) is 21.3. The van der Waals surface area contributed by atoms with E-state index in [4.69, 9.17) is 4.74 Å². The average molecular weight is 389 g/mol. The first-order chi connectivity index (χ1) is 12.8. The number of rotatable bonds is 8. The molecule has 27 heavy (non-hydrogen) atoms. The van der Waals surface area contributed by atoms with Gasteiger partial charge in [-0.05, 0) is 37.6 Å². The van der Waals surface area contributed by atoms with Gasteiger partial charge in [0.05, 0.1) is 19.3 Å². The van der Waals surface area contributed by atoms with Gasteiger partial charge in [-0.2, -0.15) is 13.2 Å². The van der Waals surface area contributed by atoms with Crippen LogP contribution in [0.4, 0.5) is 18.0 Å². The third-order valence-corrected chi connectivity index (χ3v) is 4.17. The zero-order chi connectivity index (χ0) is 19.7. The van der Waals surface area contributed by atoms with Crippen molar-refractivity contribution in [2.75, 3.05) is 46.0 Å². The van der Waals surface area contributed by atoms with Crippen molar-refractivity contribution < 1.29 is 27.4 Å². The summed E-state index contributed by atoms with van der Waals surface area (Å²) >= 11 is 0. The molecule has 1 aromatic carbocycles. The summed E-state index contributed by atoms with van der Waals surface area (Å²) in [5.74, 6) is 0.135. The minimum Gasteiger partial charge on any atom is -0.484 e. The van der Waals surface area contributed by atoms with Gasteiger partial charge in [0.15, 0.2) is 6.61 Å². The minimum absolute atomic E-state index is 0.135. The predicted octanol–water partition coefficient (Wildman–Crippen LogP) is 2.71. The van der Waals surface area contributed by atoms with Crippen LogP contribution < -0.4 is 15.4 Å². The maximum absolute atomic E-state index is 12.1. The van der Waals surface area contributed by atoms with Gasteiger partial charge in [-0.1, -0.05) is 12.1 Å². The van der Waals surface area contributed by atoms with E-state index in [1.54, 1.807) is 19.1 Å². The number of ether oxygens (including phenoxy) is 2. The number of carbonyl (C=O) groups is 1. The van der Waals surface area contributed by atoms with E-state index in [9.17, 15) is 18.0 Å². The van der Waals surface area contributed by atoms with E-state index in [-0.39, 0.29) is 17.8 Å². The number of carbonyl (C=O) groups excluding carboxylic acids is 1. The molecule has 2 rings (SSSR count).